The highest BCUT2D eigenvalue weighted by Crippen LogP contribution is 2.25. The zero-order chi connectivity index (χ0) is 11.8. The molecule has 1 aliphatic rings. The lowest BCUT2D eigenvalue weighted by Crippen LogP contribution is -2.05. The van der Waals surface area contributed by atoms with Gasteiger partial charge in [-0.3, -0.25) is 0 Å². The van der Waals surface area contributed by atoms with E-state index in [2.05, 4.69) is 12.1 Å². The summed E-state index contributed by atoms with van der Waals surface area (Å²) in [5, 5.41) is 9.09. The Bertz CT molecular complexity index is 584. The molecule has 0 radical (unpaired) electrons. The number of aryl methyl sites for hydroxylation is 2. The Labute approximate surface area is 99.3 Å². The van der Waals surface area contributed by atoms with Gasteiger partial charge >= 0.3 is 5.97 Å². The standard InChI is InChI=1S/C14H13NO2/c16-14(17)13-5-2-8-15(13)12-7-6-10-3-1-4-11(10)9-12/h2,5-9H,1,3-4H2,(H,16,17). The zero-order valence-electron chi connectivity index (χ0n) is 9.39. The summed E-state index contributed by atoms with van der Waals surface area (Å²) in [6.07, 6.45) is 5.25. The third kappa shape index (κ3) is 1.64. The molecule has 0 amide bonds. The van der Waals surface area contributed by atoms with Gasteiger partial charge in [0.2, 0.25) is 0 Å². The van der Waals surface area contributed by atoms with Gasteiger partial charge < -0.3 is 9.67 Å². The Morgan fingerprint density at radius 1 is 1.18 bits per heavy atom. The fourth-order valence-electron chi connectivity index (χ4n) is 2.49. The topological polar surface area (TPSA) is 42.2 Å². The van der Waals surface area contributed by atoms with E-state index in [0.717, 1.165) is 18.5 Å². The minimum Gasteiger partial charge on any atom is -0.477 e. The third-order valence-corrected chi connectivity index (χ3v) is 3.33. The molecule has 0 fully saturated rings. The largest absolute Gasteiger partial charge is 0.477 e. The van der Waals surface area contributed by atoms with Crippen molar-refractivity contribution in [1.82, 2.24) is 4.57 Å². The highest BCUT2D eigenvalue weighted by molar-refractivity contribution is 5.86. The number of carboxylic acids is 1. The lowest BCUT2D eigenvalue weighted by atomic mass is 10.1. The number of nitrogens with zero attached hydrogens (tertiary/aromatic N) is 1. The van der Waals surface area contributed by atoms with E-state index in [9.17, 15) is 4.79 Å². The van der Waals surface area contributed by atoms with Gasteiger partial charge in [-0.15, -0.1) is 0 Å². The van der Waals surface area contributed by atoms with Gasteiger partial charge in [0.1, 0.15) is 5.69 Å². The number of hydrogen-bond donors (Lipinski definition) is 1. The molecule has 0 atom stereocenters. The van der Waals surface area contributed by atoms with E-state index in [1.807, 2.05) is 6.07 Å². The van der Waals surface area contributed by atoms with Crippen LogP contribution >= 0.6 is 0 Å². The van der Waals surface area contributed by atoms with Crippen LogP contribution in [0.1, 0.15) is 28.0 Å². The Morgan fingerprint density at radius 3 is 2.82 bits per heavy atom. The van der Waals surface area contributed by atoms with Gasteiger partial charge in [0.25, 0.3) is 0 Å². The maximum Gasteiger partial charge on any atom is 0.352 e. The highest BCUT2D eigenvalue weighted by atomic mass is 16.4. The molecule has 1 aromatic heterocycles. The van der Waals surface area contributed by atoms with Crippen molar-refractivity contribution in [3.05, 3.63) is 53.3 Å². The monoisotopic (exact) mass is 227 g/mol. The summed E-state index contributed by atoms with van der Waals surface area (Å²) in [6, 6.07) is 9.60. The number of aromatic carboxylic acids is 1. The first-order valence-electron chi connectivity index (χ1n) is 5.78. The molecule has 0 unspecified atom stereocenters. The van der Waals surface area contributed by atoms with Crippen molar-refractivity contribution in [2.24, 2.45) is 0 Å². The van der Waals surface area contributed by atoms with E-state index < -0.39 is 5.97 Å². The molecule has 0 saturated heterocycles. The first-order valence-corrected chi connectivity index (χ1v) is 5.78. The SMILES string of the molecule is O=C(O)c1cccn1-c1ccc2c(c1)CCC2. The number of benzene rings is 1. The van der Waals surface area contributed by atoms with E-state index in [-0.39, 0.29) is 0 Å². The first-order chi connectivity index (χ1) is 8.25. The van der Waals surface area contributed by atoms with Crippen LogP contribution in [-0.2, 0) is 12.8 Å². The van der Waals surface area contributed by atoms with Crippen molar-refractivity contribution in [3.8, 4) is 5.69 Å². The minimum absolute atomic E-state index is 0.308. The second-order valence-corrected chi connectivity index (χ2v) is 4.38. The number of rotatable bonds is 2. The predicted molar refractivity (Wildman–Crippen MR) is 64.8 cm³/mol. The van der Waals surface area contributed by atoms with Crippen LogP contribution in [0.25, 0.3) is 5.69 Å². The summed E-state index contributed by atoms with van der Waals surface area (Å²) >= 11 is 0. The first kappa shape index (κ1) is 10.1. The van der Waals surface area contributed by atoms with Gasteiger partial charge in [-0.2, -0.15) is 0 Å². The molecule has 3 rings (SSSR count). The predicted octanol–water partition coefficient (Wildman–Crippen LogP) is 2.66. The summed E-state index contributed by atoms with van der Waals surface area (Å²) in [7, 11) is 0. The maximum absolute atomic E-state index is 11.1. The van der Waals surface area contributed by atoms with Crippen molar-refractivity contribution in [2.75, 3.05) is 0 Å². The molecule has 1 heterocycles. The van der Waals surface area contributed by atoms with E-state index in [1.54, 1.807) is 22.9 Å². The van der Waals surface area contributed by atoms with Crippen LogP contribution in [0.2, 0.25) is 0 Å². The molecule has 3 heteroatoms. The molecule has 1 aromatic carbocycles. The second-order valence-electron chi connectivity index (χ2n) is 4.38. The zero-order valence-corrected chi connectivity index (χ0v) is 9.39. The second kappa shape index (κ2) is 3.77. The van der Waals surface area contributed by atoms with Crippen molar-refractivity contribution in [1.29, 1.82) is 0 Å². The maximum atomic E-state index is 11.1. The molecule has 0 spiro atoms. The average Bonchev–Trinajstić information content (AvgIpc) is 2.96. The molecule has 17 heavy (non-hydrogen) atoms. The molecule has 3 nitrogen and oxygen atoms in total. The molecular formula is C14H13NO2. The van der Waals surface area contributed by atoms with Gasteiger partial charge in [0, 0.05) is 11.9 Å². The van der Waals surface area contributed by atoms with Crippen molar-refractivity contribution < 1.29 is 9.90 Å². The molecule has 0 saturated carbocycles. The van der Waals surface area contributed by atoms with Crippen LogP contribution in [0, 0.1) is 0 Å². The molecule has 0 aliphatic heterocycles. The van der Waals surface area contributed by atoms with Crippen LogP contribution in [0.15, 0.2) is 36.5 Å². The number of fused-ring (bicyclic) bond motifs is 1. The summed E-state index contributed by atoms with van der Waals surface area (Å²) in [6.45, 7) is 0. The summed E-state index contributed by atoms with van der Waals surface area (Å²) in [5.74, 6) is -0.893. The third-order valence-electron chi connectivity index (χ3n) is 3.33. The number of carbonyl (C=O) groups is 1. The Morgan fingerprint density at radius 2 is 2.00 bits per heavy atom. The van der Waals surface area contributed by atoms with Crippen LogP contribution in [0.3, 0.4) is 0 Å². The van der Waals surface area contributed by atoms with E-state index in [4.69, 9.17) is 5.11 Å². The quantitative estimate of drug-likeness (QED) is 0.857. The molecule has 1 aliphatic carbocycles. The van der Waals surface area contributed by atoms with Gasteiger partial charge in [-0.25, -0.2) is 4.79 Å². The number of hydrogen-bond acceptors (Lipinski definition) is 1. The fraction of sp³-hybridized carbons (Fsp3) is 0.214. The van der Waals surface area contributed by atoms with Crippen molar-refractivity contribution in [2.45, 2.75) is 19.3 Å². The fourth-order valence-corrected chi connectivity index (χ4v) is 2.49. The van der Waals surface area contributed by atoms with Crippen LogP contribution in [0.5, 0.6) is 0 Å². The van der Waals surface area contributed by atoms with Gasteiger partial charge in [-0.1, -0.05) is 6.07 Å². The number of carboxylic acid groups (broad SMARTS) is 1. The van der Waals surface area contributed by atoms with Gasteiger partial charge in [0.05, 0.1) is 0 Å². The van der Waals surface area contributed by atoms with E-state index in [1.165, 1.54) is 17.5 Å². The summed E-state index contributed by atoms with van der Waals surface area (Å²) in [5.41, 5.74) is 4.00. The summed E-state index contributed by atoms with van der Waals surface area (Å²) < 4.78 is 1.72. The van der Waals surface area contributed by atoms with Crippen LogP contribution in [0.4, 0.5) is 0 Å². The van der Waals surface area contributed by atoms with Crippen LogP contribution in [-0.4, -0.2) is 15.6 Å². The smallest absolute Gasteiger partial charge is 0.352 e. The van der Waals surface area contributed by atoms with Crippen LogP contribution < -0.4 is 0 Å². The van der Waals surface area contributed by atoms with Gasteiger partial charge in [0.15, 0.2) is 0 Å². The summed E-state index contributed by atoms with van der Waals surface area (Å²) in [4.78, 5) is 11.1. The van der Waals surface area contributed by atoms with Gasteiger partial charge in [-0.05, 0) is 54.7 Å². The Balaban J connectivity index is 2.09. The Kier molecular flexibility index (Phi) is 2.25. The highest BCUT2D eigenvalue weighted by Gasteiger charge is 2.14. The molecular weight excluding hydrogens is 214 g/mol. The molecule has 2 aromatic rings. The molecule has 86 valence electrons. The molecule has 0 bridgehead atoms. The van der Waals surface area contributed by atoms with E-state index >= 15 is 0 Å². The minimum atomic E-state index is -0.893. The average molecular weight is 227 g/mol. The number of aromatic nitrogens is 1. The van der Waals surface area contributed by atoms with E-state index in [0.29, 0.717) is 5.69 Å². The lowest BCUT2D eigenvalue weighted by molar-refractivity contribution is 0.0688. The lowest BCUT2D eigenvalue weighted by Gasteiger charge is -2.08. The Hall–Kier alpha value is -2.03. The normalized spacial score (nSPS) is 13.6. The molecule has 1 N–H and O–H groups in total. The van der Waals surface area contributed by atoms with Crippen molar-refractivity contribution >= 4 is 5.97 Å². The van der Waals surface area contributed by atoms with Crippen molar-refractivity contribution in [3.63, 3.8) is 0 Å².